The highest BCUT2D eigenvalue weighted by molar-refractivity contribution is 7.09. The summed E-state index contributed by atoms with van der Waals surface area (Å²) >= 11 is 1.70. The van der Waals surface area contributed by atoms with Crippen LogP contribution in [0.15, 0.2) is 17.5 Å². The fourth-order valence-electron chi connectivity index (χ4n) is 1.70. The van der Waals surface area contributed by atoms with E-state index in [4.69, 9.17) is 0 Å². The maximum Gasteiger partial charge on any atom is 0.271 e. The Morgan fingerprint density at radius 3 is 2.71 bits per heavy atom. The summed E-state index contributed by atoms with van der Waals surface area (Å²) < 4.78 is 0. The van der Waals surface area contributed by atoms with Gasteiger partial charge in [0.15, 0.2) is 5.69 Å². The van der Waals surface area contributed by atoms with E-state index in [0.29, 0.717) is 17.4 Å². The Hall–Kier alpha value is -2.02. The van der Waals surface area contributed by atoms with Gasteiger partial charge in [-0.05, 0) is 12.1 Å². The molecule has 2 N–H and O–H groups in total. The molecule has 0 aliphatic carbocycles. The second-order valence-corrected chi connectivity index (χ2v) is 5.78. The summed E-state index contributed by atoms with van der Waals surface area (Å²) in [6, 6.07) is 3.39. The summed E-state index contributed by atoms with van der Waals surface area (Å²) in [5, 5.41) is 16.8. The van der Waals surface area contributed by atoms with Crippen LogP contribution in [-0.2, 0) is 6.42 Å². The second kappa shape index (κ2) is 7.12. The molecule has 0 bridgehead atoms. The van der Waals surface area contributed by atoms with Gasteiger partial charge < -0.3 is 10.6 Å². The average Bonchev–Trinajstić information content (AvgIpc) is 2.96. The van der Waals surface area contributed by atoms with Gasteiger partial charge in [0, 0.05) is 31.3 Å². The van der Waals surface area contributed by atoms with Crippen molar-refractivity contribution in [3.63, 3.8) is 0 Å². The van der Waals surface area contributed by atoms with Crippen LogP contribution in [0.3, 0.4) is 0 Å². The van der Waals surface area contributed by atoms with Crippen LogP contribution in [-0.4, -0.2) is 34.7 Å². The van der Waals surface area contributed by atoms with Crippen molar-refractivity contribution in [3.05, 3.63) is 33.9 Å². The van der Waals surface area contributed by atoms with Gasteiger partial charge in [-0.15, -0.1) is 21.5 Å². The highest BCUT2D eigenvalue weighted by Gasteiger charge is 2.07. The molecule has 0 fully saturated rings. The standard InChI is InChI=1S/C14H19N5OS/c1-9(2)14-17-10(8-21-14)6-7-16-12-5-4-11(18-19-12)13(20)15-3/h4-5,8-9H,6-7H2,1-3H3,(H,15,20)(H,16,19). The molecule has 0 aromatic carbocycles. The van der Waals surface area contributed by atoms with Crippen molar-refractivity contribution in [2.24, 2.45) is 0 Å². The van der Waals surface area contributed by atoms with Crippen molar-refractivity contribution in [1.82, 2.24) is 20.5 Å². The Morgan fingerprint density at radius 1 is 1.33 bits per heavy atom. The highest BCUT2D eigenvalue weighted by atomic mass is 32.1. The van der Waals surface area contributed by atoms with E-state index < -0.39 is 0 Å². The molecule has 0 unspecified atom stereocenters. The lowest BCUT2D eigenvalue weighted by molar-refractivity contribution is 0.0957. The van der Waals surface area contributed by atoms with E-state index in [-0.39, 0.29) is 5.91 Å². The number of nitrogens with one attached hydrogen (secondary N) is 2. The monoisotopic (exact) mass is 305 g/mol. The molecule has 21 heavy (non-hydrogen) atoms. The first kappa shape index (κ1) is 15.4. The molecule has 2 aromatic heterocycles. The van der Waals surface area contributed by atoms with Gasteiger partial charge in [-0.3, -0.25) is 4.79 Å². The normalized spacial score (nSPS) is 10.7. The summed E-state index contributed by atoms with van der Waals surface area (Å²) in [5.41, 5.74) is 1.40. The number of nitrogens with zero attached hydrogens (tertiary/aromatic N) is 3. The number of hydrogen-bond acceptors (Lipinski definition) is 6. The summed E-state index contributed by atoms with van der Waals surface area (Å²) in [5.74, 6) is 0.888. The van der Waals surface area contributed by atoms with E-state index in [1.54, 1.807) is 30.5 Å². The zero-order chi connectivity index (χ0) is 15.2. The van der Waals surface area contributed by atoms with E-state index in [9.17, 15) is 4.79 Å². The van der Waals surface area contributed by atoms with E-state index in [0.717, 1.165) is 18.7 Å². The Kier molecular flexibility index (Phi) is 5.21. The minimum atomic E-state index is -0.238. The Morgan fingerprint density at radius 2 is 2.14 bits per heavy atom. The van der Waals surface area contributed by atoms with E-state index in [1.165, 1.54) is 5.01 Å². The van der Waals surface area contributed by atoms with Crippen LogP contribution in [0.1, 0.15) is 41.0 Å². The molecule has 2 aromatic rings. The van der Waals surface area contributed by atoms with Gasteiger partial charge in [-0.25, -0.2) is 4.98 Å². The number of carbonyl (C=O) groups is 1. The molecule has 6 nitrogen and oxygen atoms in total. The van der Waals surface area contributed by atoms with Crippen LogP contribution >= 0.6 is 11.3 Å². The van der Waals surface area contributed by atoms with Gasteiger partial charge in [0.2, 0.25) is 0 Å². The smallest absolute Gasteiger partial charge is 0.271 e. The Balaban J connectivity index is 1.84. The maximum atomic E-state index is 11.3. The molecular weight excluding hydrogens is 286 g/mol. The fourth-order valence-corrected chi connectivity index (χ4v) is 2.57. The number of rotatable bonds is 6. The largest absolute Gasteiger partial charge is 0.368 e. The van der Waals surface area contributed by atoms with E-state index in [2.05, 4.69) is 45.0 Å². The van der Waals surface area contributed by atoms with Crippen LogP contribution in [0.25, 0.3) is 0 Å². The first-order chi connectivity index (χ1) is 10.1. The quantitative estimate of drug-likeness (QED) is 0.854. The van der Waals surface area contributed by atoms with Gasteiger partial charge in [0.25, 0.3) is 5.91 Å². The number of anilines is 1. The van der Waals surface area contributed by atoms with Crippen LogP contribution in [0.2, 0.25) is 0 Å². The number of amides is 1. The van der Waals surface area contributed by atoms with Gasteiger partial charge in [0.1, 0.15) is 5.82 Å². The van der Waals surface area contributed by atoms with Crippen molar-refractivity contribution >= 4 is 23.1 Å². The third-order valence-electron chi connectivity index (χ3n) is 2.87. The van der Waals surface area contributed by atoms with Crippen LogP contribution in [0.5, 0.6) is 0 Å². The summed E-state index contributed by atoms with van der Waals surface area (Å²) in [6.07, 6.45) is 0.835. The molecule has 0 saturated heterocycles. The van der Waals surface area contributed by atoms with E-state index >= 15 is 0 Å². The third kappa shape index (κ3) is 4.22. The summed E-state index contributed by atoms with van der Waals surface area (Å²) in [4.78, 5) is 15.9. The molecule has 2 heterocycles. The molecule has 7 heteroatoms. The number of thiazole rings is 1. The van der Waals surface area contributed by atoms with Crippen molar-refractivity contribution in [2.75, 3.05) is 18.9 Å². The Bertz CT molecular complexity index is 594. The maximum absolute atomic E-state index is 11.3. The highest BCUT2D eigenvalue weighted by Crippen LogP contribution is 2.19. The predicted molar refractivity (Wildman–Crippen MR) is 83.8 cm³/mol. The van der Waals surface area contributed by atoms with Crippen molar-refractivity contribution in [3.8, 4) is 0 Å². The van der Waals surface area contributed by atoms with Crippen molar-refractivity contribution in [1.29, 1.82) is 0 Å². The number of aromatic nitrogens is 3. The van der Waals surface area contributed by atoms with Crippen molar-refractivity contribution < 1.29 is 4.79 Å². The summed E-state index contributed by atoms with van der Waals surface area (Å²) in [6.45, 7) is 5.02. The fraction of sp³-hybridized carbons (Fsp3) is 0.429. The molecule has 0 aliphatic heterocycles. The molecule has 1 amide bonds. The van der Waals surface area contributed by atoms with Gasteiger partial charge in [-0.2, -0.15) is 0 Å². The lowest BCUT2D eigenvalue weighted by Gasteiger charge is -2.04. The van der Waals surface area contributed by atoms with Gasteiger partial charge in [0.05, 0.1) is 10.7 Å². The molecule has 0 radical (unpaired) electrons. The van der Waals surface area contributed by atoms with Gasteiger partial charge >= 0.3 is 0 Å². The van der Waals surface area contributed by atoms with Crippen LogP contribution < -0.4 is 10.6 Å². The first-order valence-electron chi connectivity index (χ1n) is 6.84. The average molecular weight is 305 g/mol. The van der Waals surface area contributed by atoms with Crippen LogP contribution in [0.4, 0.5) is 5.82 Å². The second-order valence-electron chi connectivity index (χ2n) is 4.89. The molecule has 0 atom stereocenters. The Labute approximate surface area is 128 Å². The molecule has 112 valence electrons. The lowest BCUT2D eigenvalue weighted by atomic mass is 10.2. The minimum Gasteiger partial charge on any atom is -0.368 e. The summed E-state index contributed by atoms with van der Waals surface area (Å²) in [7, 11) is 1.56. The third-order valence-corrected chi connectivity index (χ3v) is 4.07. The molecular formula is C14H19N5OS. The first-order valence-corrected chi connectivity index (χ1v) is 7.72. The topological polar surface area (TPSA) is 79.8 Å². The lowest BCUT2D eigenvalue weighted by Crippen LogP contribution is -2.20. The number of hydrogen-bond donors (Lipinski definition) is 2. The van der Waals surface area contributed by atoms with E-state index in [1.807, 2.05) is 0 Å². The zero-order valence-electron chi connectivity index (χ0n) is 12.4. The van der Waals surface area contributed by atoms with Crippen LogP contribution in [0, 0.1) is 0 Å². The molecule has 0 saturated carbocycles. The molecule has 0 aliphatic rings. The number of carbonyl (C=O) groups excluding carboxylic acids is 1. The molecule has 0 spiro atoms. The SMILES string of the molecule is CNC(=O)c1ccc(NCCc2csc(C(C)C)n2)nn1. The predicted octanol–water partition coefficient (Wildman–Crippen LogP) is 2.07. The van der Waals surface area contributed by atoms with Crippen molar-refractivity contribution in [2.45, 2.75) is 26.2 Å². The molecule has 2 rings (SSSR count). The minimum absolute atomic E-state index is 0.238. The van der Waals surface area contributed by atoms with Gasteiger partial charge in [-0.1, -0.05) is 13.8 Å². The zero-order valence-corrected chi connectivity index (χ0v) is 13.2.